The van der Waals surface area contributed by atoms with Crippen LogP contribution in [0.25, 0.3) is 10.4 Å². The highest BCUT2D eigenvalue weighted by molar-refractivity contribution is 7.15. The van der Waals surface area contributed by atoms with Crippen LogP contribution in [0.1, 0.15) is 10.4 Å². The van der Waals surface area contributed by atoms with Gasteiger partial charge in [0, 0.05) is 20.9 Å². The van der Waals surface area contributed by atoms with Crippen LogP contribution in [0.4, 0.5) is 4.39 Å². The molecule has 3 rings (SSSR count). The van der Waals surface area contributed by atoms with Crippen molar-refractivity contribution in [2.24, 2.45) is 0 Å². The van der Waals surface area contributed by atoms with E-state index in [0.717, 1.165) is 21.8 Å². The fourth-order valence-corrected chi connectivity index (χ4v) is 2.90. The monoisotopic (exact) mass is 220 g/mol. The lowest BCUT2D eigenvalue weighted by Gasteiger charge is -2.17. The second-order valence-electron chi connectivity index (χ2n) is 3.64. The lowest BCUT2D eigenvalue weighted by molar-refractivity contribution is 0.302. The van der Waals surface area contributed by atoms with Crippen molar-refractivity contribution in [3.8, 4) is 16.2 Å². The molecule has 0 atom stereocenters. The third kappa shape index (κ3) is 1.35. The molecule has 0 N–H and O–H groups in total. The van der Waals surface area contributed by atoms with Crippen molar-refractivity contribution in [2.75, 3.05) is 0 Å². The number of thiophene rings is 1. The van der Waals surface area contributed by atoms with Crippen molar-refractivity contribution in [3.05, 3.63) is 40.5 Å². The van der Waals surface area contributed by atoms with Crippen LogP contribution in [0.5, 0.6) is 5.75 Å². The van der Waals surface area contributed by atoms with Gasteiger partial charge in [-0.15, -0.1) is 11.3 Å². The summed E-state index contributed by atoms with van der Waals surface area (Å²) in [5.74, 6) is 0.571. The molecule has 1 aromatic carbocycles. The van der Waals surface area contributed by atoms with E-state index >= 15 is 0 Å². The van der Waals surface area contributed by atoms with Crippen LogP contribution in [0, 0.1) is 12.7 Å². The molecule has 2 aromatic rings. The number of fused-ring (bicyclic) bond motifs is 3. The van der Waals surface area contributed by atoms with Crippen molar-refractivity contribution in [3.63, 3.8) is 0 Å². The molecule has 0 aliphatic carbocycles. The van der Waals surface area contributed by atoms with E-state index in [1.54, 1.807) is 23.5 Å². The SMILES string of the molecule is Cc1cc2c(s1)-c1cc(F)ccc1OC2. The molecule has 0 saturated carbocycles. The van der Waals surface area contributed by atoms with E-state index in [1.807, 2.05) is 0 Å². The van der Waals surface area contributed by atoms with Crippen LogP contribution in [0.3, 0.4) is 0 Å². The molecule has 15 heavy (non-hydrogen) atoms. The summed E-state index contributed by atoms with van der Waals surface area (Å²) in [7, 11) is 0. The van der Waals surface area contributed by atoms with E-state index in [0.29, 0.717) is 6.61 Å². The van der Waals surface area contributed by atoms with Crippen LogP contribution < -0.4 is 4.74 Å². The van der Waals surface area contributed by atoms with Gasteiger partial charge in [-0.3, -0.25) is 0 Å². The number of benzene rings is 1. The van der Waals surface area contributed by atoms with Crippen molar-refractivity contribution < 1.29 is 9.13 Å². The Labute approximate surface area is 91.1 Å². The molecular weight excluding hydrogens is 211 g/mol. The summed E-state index contributed by atoms with van der Waals surface area (Å²) in [4.78, 5) is 2.38. The molecule has 2 heterocycles. The second-order valence-corrected chi connectivity index (χ2v) is 4.90. The minimum Gasteiger partial charge on any atom is -0.488 e. The average Bonchev–Trinajstić information content (AvgIpc) is 2.58. The number of halogens is 1. The molecule has 1 aliphatic rings. The first-order valence-corrected chi connectivity index (χ1v) is 5.58. The number of aryl methyl sites for hydroxylation is 1. The lowest BCUT2D eigenvalue weighted by Crippen LogP contribution is -2.02. The fourth-order valence-electron chi connectivity index (χ4n) is 1.86. The summed E-state index contributed by atoms with van der Waals surface area (Å²) in [6.07, 6.45) is 0. The highest BCUT2D eigenvalue weighted by Crippen LogP contribution is 2.42. The van der Waals surface area contributed by atoms with E-state index < -0.39 is 0 Å². The predicted octanol–water partition coefficient (Wildman–Crippen LogP) is 3.76. The predicted molar refractivity (Wildman–Crippen MR) is 58.8 cm³/mol. The average molecular weight is 220 g/mol. The maximum absolute atomic E-state index is 13.1. The Kier molecular flexibility index (Phi) is 1.83. The number of ether oxygens (including phenoxy) is 1. The van der Waals surface area contributed by atoms with Crippen LogP contribution >= 0.6 is 11.3 Å². The van der Waals surface area contributed by atoms with E-state index in [4.69, 9.17) is 4.74 Å². The summed E-state index contributed by atoms with van der Waals surface area (Å²) < 4.78 is 18.7. The Morgan fingerprint density at radius 2 is 2.20 bits per heavy atom. The maximum Gasteiger partial charge on any atom is 0.128 e. The van der Waals surface area contributed by atoms with Crippen molar-refractivity contribution in [1.29, 1.82) is 0 Å². The Balaban J connectivity index is 2.27. The van der Waals surface area contributed by atoms with Crippen LogP contribution in [0.2, 0.25) is 0 Å². The summed E-state index contributed by atoms with van der Waals surface area (Å²) in [6, 6.07) is 6.78. The van der Waals surface area contributed by atoms with E-state index in [1.165, 1.54) is 10.9 Å². The van der Waals surface area contributed by atoms with Gasteiger partial charge >= 0.3 is 0 Å². The van der Waals surface area contributed by atoms with Crippen LogP contribution in [-0.2, 0) is 6.61 Å². The molecule has 3 heteroatoms. The number of rotatable bonds is 0. The zero-order valence-corrected chi connectivity index (χ0v) is 9.03. The largest absolute Gasteiger partial charge is 0.488 e. The normalized spacial score (nSPS) is 12.9. The van der Waals surface area contributed by atoms with Gasteiger partial charge in [-0.2, -0.15) is 0 Å². The molecule has 0 unspecified atom stereocenters. The fraction of sp³-hybridized carbons (Fsp3) is 0.167. The van der Waals surface area contributed by atoms with Gasteiger partial charge in [-0.1, -0.05) is 0 Å². The first kappa shape index (κ1) is 8.92. The smallest absolute Gasteiger partial charge is 0.128 e. The molecule has 1 nitrogen and oxygen atoms in total. The van der Waals surface area contributed by atoms with Crippen molar-refractivity contribution >= 4 is 11.3 Å². The van der Waals surface area contributed by atoms with Gasteiger partial charge in [-0.05, 0) is 31.2 Å². The molecule has 0 bridgehead atoms. The van der Waals surface area contributed by atoms with Gasteiger partial charge in [0.05, 0.1) is 0 Å². The maximum atomic E-state index is 13.1. The van der Waals surface area contributed by atoms with Gasteiger partial charge < -0.3 is 4.74 Å². The van der Waals surface area contributed by atoms with Gasteiger partial charge in [0.2, 0.25) is 0 Å². The Hall–Kier alpha value is -1.35. The Bertz CT molecular complexity index is 530. The van der Waals surface area contributed by atoms with Gasteiger partial charge in [-0.25, -0.2) is 4.39 Å². The molecule has 0 amide bonds. The highest BCUT2D eigenvalue weighted by atomic mass is 32.1. The number of hydrogen-bond donors (Lipinski definition) is 0. The molecule has 0 fully saturated rings. The van der Waals surface area contributed by atoms with E-state index in [9.17, 15) is 4.39 Å². The second kappa shape index (κ2) is 3.07. The Morgan fingerprint density at radius 1 is 1.33 bits per heavy atom. The van der Waals surface area contributed by atoms with E-state index in [-0.39, 0.29) is 5.82 Å². The quantitative estimate of drug-likeness (QED) is 0.657. The number of hydrogen-bond acceptors (Lipinski definition) is 2. The summed E-state index contributed by atoms with van der Waals surface area (Å²) in [6.45, 7) is 2.65. The molecule has 0 spiro atoms. The summed E-state index contributed by atoms with van der Waals surface area (Å²) in [5, 5.41) is 0. The summed E-state index contributed by atoms with van der Waals surface area (Å²) >= 11 is 1.69. The zero-order chi connectivity index (χ0) is 10.4. The molecule has 0 radical (unpaired) electrons. The van der Waals surface area contributed by atoms with Crippen LogP contribution in [0.15, 0.2) is 24.3 Å². The van der Waals surface area contributed by atoms with Gasteiger partial charge in [0.25, 0.3) is 0 Å². The minimum absolute atomic E-state index is 0.212. The summed E-state index contributed by atoms with van der Waals surface area (Å²) in [5.41, 5.74) is 2.05. The third-order valence-corrected chi connectivity index (χ3v) is 3.63. The molecular formula is C12H9FOS. The lowest BCUT2D eigenvalue weighted by atomic mass is 10.1. The van der Waals surface area contributed by atoms with E-state index in [2.05, 4.69) is 13.0 Å². The van der Waals surface area contributed by atoms with Crippen LogP contribution in [-0.4, -0.2) is 0 Å². The van der Waals surface area contributed by atoms with Gasteiger partial charge in [0.15, 0.2) is 0 Å². The topological polar surface area (TPSA) is 9.23 Å². The first-order chi connectivity index (χ1) is 7.24. The third-order valence-electron chi connectivity index (χ3n) is 2.50. The molecule has 76 valence electrons. The molecule has 1 aromatic heterocycles. The first-order valence-electron chi connectivity index (χ1n) is 4.76. The van der Waals surface area contributed by atoms with Crippen molar-refractivity contribution in [1.82, 2.24) is 0 Å². The highest BCUT2D eigenvalue weighted by Gasteiger charge is 2.19. The molecule has 1 aliphatic heterocycles. The Morgan fingerprint density at radius 3 is 3.07 bits per heavy atom. The molecule has 0 saturated heterocycles. The minimum atomic E-state index is -0.212. The van der Waals surface area contributed by atoms with Gasteiger partial charge in [0.1, 0.15) is 18.2 Å². The zero-order valence-electron chi connectivity index (χ0n) is 8.21. The standard InChI is InChI=1S/C12H9FOS/c1-7-4-8-6-14-11-3-2-9(13)5-10(11)12(8)15-7/h2-5H,6H2,1H3. The van der Waals surface area contributed by atoms with Crippen molar-refractivity contribution in [2.45, 2.75) is 13.5 Å².